The van der Waals surface area contributed by atoms with Crippen LogP contribution in [0.15, 0.2) is 33.8 Å². The van der Waals surface area contributed by atoms with Gasteiger partial charge in [-0.1, -0.05) is 74.9 Å². The molecule has 2 amide bonds. The Balaban J connectivity index is 1.64. The summed E-state index contributed by atoms with van der Waals surface area (Å²) in [5, 5.41) is 6.90. The molecule has 0 spiro atoms. The number of nitrogens with zero attached hydrogens (tertiary/aromatic N) is 4. The molecule has 1 fully saturated rings. The maximum absolute atomic E-state index is 12.6. The van der Waals surface area contributed by atoms with E-state index in [-0.39, 0.29) is 11.9 Å². The van der Waals surface area contributed by atoms with Crippen molar-refractivity contribution in [1.29, 1.82) is 0 Å². The standard InChI is InChI=1S/C33H51N5O5/c1-8-9-10-11-12-13-14-16-24-18-20-25(21-19-24)27-34-28(43-37-27)26-17-15-22-38(23-26)29(35-30(39)41-32(2,3)4)36-31(40)42-33(5,6)7/h18-21,26H,8-17,22-23H2,1-7H3,(H,35,36,39,40)/t26-/m1/s1. The minimum Gasteiger partial charge on any atom is -0.444 e. The van der Waals surface area contributed by atoms with Crippen molar-refractivity contribution >= 4 is 18.1 Å². The molecule has 238 valence electrons. The molecule has 2 aromatic rings. The molecule has 0 radical (unpaired) electrons. The summed E-state index contributed by atoms with van der Waals surface area (Å²) >= 11 is 0. The Hall–Kier alpha value is -3.43. The van der Waals surface area contributed by atoms with E-state index in [0.717, 1.165) is 24.8 Å². The summed E-state index contributed by atoms with van der Waals surface area (Å²) in [6, 6.07) is 8.39. The Morgan fingerprint density at radius 1 is 0.977 bits per heavy atom. The van der Waals surface area contributed by atoms with Gasteiger partial charge >= 0.3 is 12.2 Å². The van der Waals surface area contributed by atoms with Gasteiger partial charge in [0.25, 0.3) is 0 Å². The van der Waals surface area contributed by atoms with Gasteiger partial charge in [-0.15, -0.1) is 4.99 Å². The molecule has 1 atom stereocenters. The van der Waals surface area contributed by atoms with Gasteiger partial charge < -0.3 is 18.9 Å². The van der Waals surface area contributed by atoms with Gasteiger partial charge in [0.2, 0.25) is 17.7 Å². The zero-order chi connectivity index (χ0) is 31.5. The van der Waals surface area contributed by atoms with Crippen molar-refractivity contribution in [2.45, 2.75) is 130 Å². The first-order valence-corrected chi connectivity index (χ1v) is 15.8. The van der Waals surface area contributed by atoms with Crippen molar-refractivity contribution in [2.24, 2.45) is 4.99 Å². The fraction of sp³-hybridized carbons (Fsp3) is 0.667. The van der Waals surface area contributed by atoms with Crippen LogP contribution in [0.3, 0.4) is 0 Å². The predicted octanol–water partition coefficient (Wildman–Crippen LogP) is 8.02. The Labute approximate surface area is 257 Å². The number of benzene rings is 1. The van der Waals surface area contributed by atoms with Crippen LogP contribution in [0.2, 0.25) is 0 Å². The second-order valence-electron chi connectivity index (χ2n) is 13.4. The molecule has 10 nitrogen and oxygen atoms in total. The van der Waals surface area contributed by atoms with Crippen LogP contribution in [-0.2, 0) is 15.9 Å². The van der Waals surface area contributed by atoms with Crippen molar-refractivity contribution in [3.05, 3.63) is 35.7 Å². The molecule has 0 unspecified atom stereocenters. The molecule has 1 aliphatic rings. The zero-order valence-electron chi connectivity index (χ0n) is 27.2. The zero-order valence-corrected chi connectivity index (χ0v) is 27.2. The van der Waals surface area contributed by atoms with Crippen molar-refractivity contribution < 1.29 is 23.6 Å². The number of carbonyl (C=O) groups excluding carboxylic acids is 2. The second kappa shape index (κ2) is 15.9. The average Bonchev–Trinajstić information content (AvgIpc) is 3.41. The molecule has 1 N–H and O–H groups in total. The van der Waals surface area contributed by atoms with Gasteiger partial charge in [0.15, 0.2) is 0 Å². The number of amides is 2. The van der Waals surface area contributed by atoms with Crippen molar-refractivity contribution in [1.82, 2.24) is 20.4 Å². The Morgan fingerprint density at radius 2 is 1.63 bits per heavy atom. The van der Waals surface area contributed by atoms with Crippen molar-refractivity contribution in [2.75, 3.05) is 13.1 Å². The van der Waals surface area contributed by atoms with Crippen LogP contribution in [0, 0.1) is 0 Å². The van der Waals surface area contributed by atoms with Crippen LogP contribution in [-0.4, -0.2) is 57.5 Å². The van der Waals surface area contributed by atoms with E-state index in [9.17, 15) is 9.59 Å². The number of alkyl carbamates (subject to hydrolysis) is 1. The lowest BCUT2D eigenvalue weighted by atomic mass is 9.98. The first kappa shape index (κ1) is 34.1. The number of rotatable bonds is 10. The van der Waals surface area contributed by atoms with Gasteiger partial charge in [0, 0.05) is 18.7 Å². The molecule has 1 aromatic heterocycles. The van der Waals surface area contributed by atoms with Crippen LogP contribution in [0.5, 0.6) is 0 Å². The first-order chi connectivity index (χ1) is 20.3. The Kier molecular flexibility index (Phi) is 12.6. The van der Waals surface area contributed by atoms with Gasteiger partial charge in [0.05, 0.1) is 5.92 Å². The summed E-state index contributed by atoms with van der Waals surface area (Å²) in [6.45, 7) is 13.8. The molecule has 10 heteroatoms. The number of ether oxygens (including phenoxy) is 2. The maximum atomic E-state index is 12.6. The number of hydrogen-bond acceptors (Lipinski definition) is 7. The highest BCUT2D eigenvalue weighted by Gasteiger charge is 2.30. The van der Waals surface area contributed by atoms with E-state index in [4.69, 9.17) is 19.0 Å². The van der Waals surface area contributed by atoms with Crippen LogP contribution < -0.4 is 5.32 Å². The smallest absolute Gasteiger partial charge is 0.437 e. The van der Waals surface area contributed by atoms with Gasteiger partial charge in [-0.3, -0.25) is 5.32 Å². The molecule has 1 saturated heterocycles. The topological polar surface area (TPSA) is 119 Å². The number of carbonyl (C=O) groups is 2. The van der Waals surface area contributed by atoms with Crippen LogP contribution >= 0.6 is 0 Å². The lowest BCUT2D eigenvalue weighted by molar-refractivity contribution is 0.0552. The third kappa shape index (κ3) is 12.4. The van der Waals surface area contributed by atoms with Gasteiger partial charge in [-0.05, 0) is 72.8 Å². The lowest BCUT2D eigenvalue weighted by Crippen LogP contribution is -2.49. The Morgan fingerprint density at radius 3 is 2.28 bits per heavy atom. The molecular formula is C33H51N5O5. The normalized spacial score (nSPS) is 16.2. The number of nitrogens with one attached hydrogen (secondary N) is 1. The fourth-order valence-electron chi connectivity index (χ4n) is 4.94. The van der Waals surface area contributed by atoms with E-state index in [0.29, 0.717) is 24.8 Å². The van der Waals surface area contributed by atoms with Gasteiger partial charge in [-0.25, -0.2) is 9.59 Å². The highest BCUT2D eigenvalue weighted by Crippen LogP contribution is 2.28. The summed E-state index contributed by atoms with van der Waals surface area (Å²) in [7, 11) is 0. The van der Waals surface area contributed by atoms with E-state index < -0.39 is 23.4 Å². The molecule has 0 aliphatic carbocycles. The Bertz CT molecular complexity index is 1190. The first-order valence-electron chi connectivity index (χ1n) is 15.8. The third-order valence-corrected chi connectivity index (χ3v) is 7.00. The van der Waals surface area contributed by atoms with Crippen LogP contribution in [0.4, 0.5) is 9.59 Å². The SMILES string of the molecule is CCCCCCCCCc1ccc(-c2noc([C@@H]3CCCN(C(=NC(=O)OC(C)(C)C)NC(=O)OC(C)(C)C)C3)n2)cc1. The molecule has 0 bridgehead atoms. The van der Waals surface area contributed by atoms with Crippen molar-refractivity contribution in [3.63, 3.8) is 0 Å². The van der Waals surface area contributed by atoms with E-state index in [1.165, 1.54) is 50.5 Å². The number of aromatic nitrogens is 2. The molecule has 1 aromatic carbocycles. The van der Waals surface area contributed by atoms with E-state index in [2.05, 4.69) is 46.7 Å². The maximum Gasteiger partial charge on any atom is 0.437 e. The monoisotopic (exact) mass is 597 g/mol. The molecule has 0 saturated carbocycles. The third-order valence-electron chi connectivity index (χ3n) is 7.00. The summed E-state index contributed by atoms with van der Waals surface area (Å²) in [4.78, 5) is 35.8. The molecular weight excluding hydrogens is 546 g/mol. The van der Waals surface area contributed by atoms with Gasteiger partial charge in [0.1, 0.15) is 11.2 Å². The molecule has 2 heterocycles. The van der Waals surface area contributed by atoms with Crippen LogP contribution in [0.1, 0.15) is 124 Å². The summed E-state index contributed by atoms with van der Waals surface area (Å²) in [5.41, 5.74) is 0.787. The fourth-order valence-corrected chi connectivity index (χ4v) is 4.94. The predicted molar refractivity (Wildman–Crippen MR) is 168 cm³/mol. The average molecular weight is 598 g/mol. The minimum absolute atomic E-state index is 0.0736. The van der Waals surface area contributed by atoms with Crippen LogP contribution in [0.25, 0.3) is 11.4 Å². The summed E-state index contributed by atoms with van der Waals surface area (Å²) < 4.78 is 16.5. The largest absolute Gasteiger partial charge is 0.444 e. The number of aliphatic imine (C=N–C) groups is 1. The number of unbranched alkanes of at least 4 members (excludes halogenated alkanes) is 6. The van der Waals surface area contributed by atoms with E-state index in [1.807, 2.05) is 4.90 Å². The highest BCUT2D eigenvalue weighted by molar-refractivity contribution is 5.99. The molecule has 3 rings (SSSR count). The number of piperidine rings is 1. The second-order valence-corrected chi connectivity index (χ2v) is 13.4. The number of aryl methyl sites for hydroxylation is 1. The number of likely N-dealkylation sites (tertiary alicyclic amines) is 1. The quantitative estimate of drug-likeness (QED) is 0.166. The van der Waals surface area contributed by atoms with E-state index >= 15 is 0 Å². The summed E-state index contributed by atoms with van der Waals surface area (Å²) in [5.74, 6) is 1.03. The van der Waals surface area contributed by atoms with E-state index in [1.54, 1.807) is 41.5 Å². The highest BCUT2D eigenvalue weighted by atomic mass is 16.6. The molecule has 43 heavy (non-hydrogen) atoms. The summed E-state index contributed by atoms with van der Waals surface area (Å²) in [6.07, 6.45) is 10.3. The number of hydrogen-bond donors (Lipinski definition) is 1. The minimum atomic E-state index is -0.795. The lowest BCUT2D eigenvalue weighted by Gasteiger charge is -2.33. The van der Waals surface area contributed by atoms with Crippen molar-refractivity contribution in [3.8, 4) is 11.4 Å². The van der Waals surface area contributed by atoms with Gasteiger partial charge in [-0.2, -0.15) is 4.98 Å². The number of guanidine groups is 1. The molecule has 1 aliphatic heterocycles.